The molecule has 1 nitrogen and oxygen atoms in total. The van der Waals surface area contributed by atoms with Gasteiger partial charge in [-0.1, -0.05) is 41.9 Å². The van der Waals surface area contributed by atoms with Crippen molar-refractivity contribution in [2.45, 2.75) is 19.4 Å². The molecule has 0 spiro atoms. The summed E-state index contributed by atoms with van der Waals surface area (Å²) >= 11 is 9.10. The van der Waals surface area contributed by atoms with Gasteiger partial charge in [0.25, 0.3) is 0 Å². The quantitative estimate of drug-likeness (QED) is 0.797. The summed E-state index contributed by atoms with van der Waals surface area (Å²) in [5.74, 6) is -0.406. The molecule has 2 rings (SSSR count). The maximum atomic E-state index is 14.1. The maximum absolute atomic E-state index is 14.1. The smallest absolute Gasteiger partial charge is 0.150 e. The predicted molar refractivity (Wildman–Crippen MR) is 81.9 cm³/mol. The average molecular weight is 343 g/mol. The molecule has 0 aliphatic rings. The van der Waals surface area contributed by atoms with Crippen LogP contribution in [0.4, 0.5) is 4.39 Å². The molecule has 2 N–H and O–H groups in total. The van der Waals surface area contributed by atoms with Crippen LogP contribution in [0.2, 0.25) is 5.02 Å². The van der Waals surface area contributed by atoms with Crippen LogP contribution in [0.15, 0.2) is 40.9 Å². The number of rotatable bonds is 3. The van der Waals surface area contributed by atoms with Crippen molar-refractivity contribution >= 4 is 27.5 Å². The number of nitrogens with two attached hydrogens (primary N) is 1. The fourth-order valence-corrected chi connectivity index (χ4v) is 2.41. The fraction of sp³-hybridized carbons (Fsp3) is 0.200. The van der Waals surface area contributed by atoms with Crippen LogP contribution in [0.3, 0.4) is 0 Å². The Labute approximate surface area is 125 Å². The maximum Gasteiger partial charge on any atom is 0.150 e. The predicted octanol–water partition coefficient (Wildman–Crippen LogP) is 4.80. The van der Waals surface area contributed by atoms with Crippen LogP contribution in [0, 0.1) is 5.82 Å². The molecule has 1 atom stereocenters. The first-order valence-electron chi connectivity index (χ1n) is 5.97. The van der Waals surface area contributed by atoms with Gasteiger partial charge in [-0.3, -0.25) is 0 Å². The zero-order valence-electron chi connectivity index (χ0n) is 10.5. The van der Waals surface area contributed by atoms with E-state index in [9.17, 15) is 4.39 Å². The lowest BCUT2D eigenvalue weighted by Gasteiger charge is -2.09. The van der Waals surface area contributed by atoms with E-state index >= 15 is 0 Å². The van der Waals surface area contributed by atoms with Crippen molar-refractivity contribution in [2.75, 3.05) is 0 Å². The van der Waals surface area contributed by atoms with Crippen molar-refractivity contribution in [1.82, 2.24) is 0 Å². The molecule has 0 aliphatic carbocycles. The monoisotopic (exact) mass is 341 g/mol. The molecule has 2 aromatic rings. The van der Waals surface area contributed by atoms with Gasteiger partial charge in [0.1, 0.15) is 0 Å². The zero-order valence-corrected chi connectivity index (χ0v) is 12.8. The lowest BCUT2D eigenvalue weighted by molar-refractivity contribution is 0.631. The minimum atomic E-state index is -0.406. The van der Waals surface area contributed by atoms with E-state index in [4.69, 9.17) is 17.3 Å². The van der Waals surface area contributed by atoms with Gasteiger partial charge in [-0.15, -0.1) is 0 Å². The van der Waals surface area contributed by atoms with Crippen LogP contribution < -0.4 is 5.73 Å². The highest BCUT2D eigenvalue weighted by Crippen LogP contribution is 2.33. The minimum absolute atomic E-state index is 0.108. The van der Waals surface area contributed by atoms with Crippen molar-refractivity contribution in [3.8, 4) is 11.1 Å². The Morgan fingerprint density at radius 3 is 2.42 bits per heavy atom. The number of halogens is 3. The molecule has 2 aromatic carbocycles. The molecular weight excluding hydrogens is 329 g/mol. The van der Waals surface area contributed by atoms with Gasteiger partial charge in [0.15, 0.2) is 5.82 Å². The molecule has 0 fully saturated rings. The average Bonchev–Trinajstić information content (AvgIpc) is 2.37. The fourth-order valence-electron chi connectivity index (χ4n) is 1.94. The van der Waals surface area contributed by atoms with E-state index in [-0.39, 0.29) is 11.1 Å². The van der Waals surface area contributed by atoms with Crippen LogP contribution in [0.25, 0.3) is 11.1 Å². The molecule has 0 aliphatic heterocycles. The first-order valence-corrected chi connectivity index (χ1v) is 7.14. The third-order valence-electron chi connectivity index (χ3n) is 2.86. The van der Waals surface area contributed by atoms with Gasteiger partial charge in [-0.25, -0.2) is 4.39 Å². The molecule has 0 saturated carbocycles. The summed E-state index contributed by atoms with van der Waals surface area (Å²) in [6.07, 6.45) is 0.809. The van der Waals surface area contributed by atoms with Gasteiger partial charge >= 0.3 is 0 Å². The summed E-state index contributed by atoms with van der Waals surface area (Å²) in [7, 11) is 0. The van der Waals surface area contributed by atoms with Gasteiger partial charge in [0.2, 0.25) is 0 Å². The van der Waals surface area contributed by atoms with E-state index < -0.39 is 5.82 Å². The van der Waals surface area contributed by atoms with Crippen LogP contribution >= 0.6 is 27.5 Å². The van der Waals surface area contributed by atoms with Gasteiger partial charge in [-0.05, 0) is 46.5 Å². The summed E-state index contributed by atoms with van der Waals surface area (Å²) in [6, 6.07) is 11.3. The Morgan fingerprint density at radius 1 is 1.21 bits per heavy atom. The topological polar surface area (TPSA) is 26.0 Å². The third kappa shape index (κ3) is 3.35. The molecular formula is C15H14BrClFN. The summed E-state index contributed by atoms with van der Waals surface area (Å²) < 4.78 is 14.6. The third-order valence-corrected chi connectivity index (χ3v) is 4.12. The Hall–Kier alpha value is -0.900. The Kier molecular flexibility index (Phi) is 4.61. The first kappa shape index (κ1) is 14.5. The minimum Gasteiger partial charge on any atom is -0.328 e. The highest BCUT2D eigenvalue weighted by Gasteiger charge is 2.11. The van der Waals surface area contributed by atoms with Crippen molar-refractivity contribution < 1.29 is 4.39 Å². The summed E-state index contributed by atoms with van der Waals surface area (Å²) in [6.45, 7) is 1.96. The van der Waals surface area contributed by atoms with Gasteiger partial charge in [-0.2, -0.15) is 0 Å². The molecule has 0 amide bonds. The van der Waals surface area contributed by atoms with E-state index in [2.05, 4.69) is 15.9 Å². The lowest BCUT2D eigenvalue weighted by Crippen LogP contribution is -2.17. The van der Waals surface area contributed by atoms with Gasteiger partial charge in [0, 0.05) is 16.1 Å². The molecule has 0 radical (unpaired) electrons. The summed E-state index contributed by atoms with van der Waals surface area (Å²) in [4.78, 5) is 0. The number of hydrogen-bond acceptors (Lipinski definition) is 1. The van der Waals surface area contributed by atoms with Crippen molar-refractivity contribution in [1.29, 1.82) is 0 Å². The first-order chi connectivity index (χ1) is 8.99. The van der Waals surface area contributed by atoms with Crippen LogP contribution in [0.5, 0.6) is 0 Å². The van der Waals surface area contributed by atoms with Crippen LogP contribution in [-0.4, -0.2) is 6.04 Å². The zero-order chi connectivity index (χ0) is 14.0. The molecule has 100 valence electrons. The normalized spacial score (nSPS) is 12.5. The molecule has 0 heterocycles. The van der Waals surface area contributed by atoms with E-state index in [0.29, 0.717) is 10.0 Å². The van der Waals surface area contributed by atoms with Crippen LogP contribution in [0.1, 0.15) is 12.5 Å². The molecule has 19 heavy (non-hydrogen) atoms. The number of benzene rings is 2. The van der Waals surface area contributed by atoms with Crippen molar-refractivity contribution in [3.05, 3.63) is 57.3 Å². The van der Waals surface area contributed by atoms with Crippen LogP contribution in [-0.2, 0) is 6.42 Å². The number of hydrogen-bond donors (Lipinski definition) is 1. The highest BCUT2D eigenvalue weighted by atomic mass is 79.9. The Balaban J connectivity index is 2.35. The summed E-state index contributed by atoms with van der Waals surface area (Å²) in [5.41, 5.74) is 8.20. The highest BCUT2D eigenvalue weighted by molar-refractivity contribution is 9.10. The van der Waals surface area contributed by atoms with Crippen molar-refractivity contribution in [2.24, 2.45) is 5.73 Å². The van der Waals surface area contributed by atoms with E-state index in [0.717, 1.165) is 17.5 Å². The molecule has 0 saturated heterocycles. The van der Waals surface area contributed by atoms with E-state index in [1.807, 2.05) is 31.2 Å². The Morgan fingerprint density at radius 2 is 1.84 bits per heavy atom. The SMILES string of the molecule is CC(N)Cc1ccc(-c2ccc(Br)c(Cl)c2F)cc1. The molecule has 0 bridgehead atoms. The second kappa shape index (κ2) is 6.04. The van der Waals surface area contributed by atoms with Crippen molar-refractivity contribution in [3.63, 3.8) is 0 Å². The standard InChI is InChI=1S/C15H14BrClFN/c1-9(19)8-10-2-4-11(5-3-10)12-6-7-13(16)14(17)15(12)18/h2-7,9H,8,19H2,1H3. The summed E-state index contributed by atoms with van der Waals surface area (Å²) in [5, 5.41) is 0.108. The second-order valence-corrected chi connectivity index (χ2v) is 5.83. The largest absolute Gasteiger partial charge is 0.328 e. The molecule has 4 heteroatoms. The Bertz CT molecular complexity index is 581. The molecule has 0 aromatic heterocycles. The van der Waals surface area contributed by atoms with E-state index in [1.165, 1.54) is 0 Å². The van der Waals surface area contributed by atoms with Gasteiger partial charge in [0.05, 0.1) is 5.02 Å². The van der Waals surface area contributed by atoms with E-state index in [1.54, 1.807) is 12.1 Å². The molecule has 1 unspecified atom stereocenters. The lowest BCUT2D eigenvalue weighted by atomic mass is 10.0. The second-order valence-electron chi connectivity index (χ2n) is 4.60. The van der Waals surface area contributed by atoms with Gasteiger partial charge < -0.3 is 5.73 Å².